The van der Waals surface area contributed by atoms with E-state index in [1.54, 1.807) is 12.1 Å². The normalized spacial score (nSPS) is 10.0. The van der Waals surface area contributed by atoms with Crippen LogP contribution in [0.1, 0.15) is 30.1 Å². The standard InChI is InChI=1S/C11H14ClNO2/c1-2-3-6-15-11(14)9-7-8(12)4-5-10(9)13/h4-5,7H,2-3,6,13H2,1H3. The SMILES string of the molecule is CCCCOC(=O)c1cc(Cl)ccc1N. The van der Waals surface area contributed by atoms with Gasteiger partial charge in [0.15, 0.2) is 0 Å². The van der Waals surface area contributed by atoms with Crippen LogP contribution in [-0.4, -0.2) is 12.6 Å². The molecule has 0 spiro atoms. The molecule has 3 nitrogen and oxygen atoms in total. The van der Waals surface area contributed by atoms with Crippen molar-refractivity contribution in [3.05, 3.63) is 28.8 Å². The van der Waals surface area contributed by atoms with E-state index in [2.05, 4.69) is 0 Å². The number of nitrogen functional groups attached to an aromatic ring is 1. The molecule has 0 aliphatic heterocycles. The summed E-state index contributed by atoms with van der Waals surface area (Å²) in [4.78, 5) is 11.5. The molecule has 15 heavy (non-hydrogen) atoms. The van der Waals surface area contributed by atoms with Crippen molar-refractivity contribution in [2.45, 2.75) is 19.8 Å². The van der Waals surface area contributed by atoms with E-state index in [1.807, 2.05) is 6.92 Å². The molecule has 0 heterocycles. The quantitative estimate of drug-likeness (QED) is 0.489. The first kappa shape index (κ1) is 11.9. The van der Waals surface area contributed by atoms with Gasteiger partial charge in [-0.15, -0.1) is 0 Å². The highest BCUT2D eigenvalue weighted by Gasteiger charge is 2.11. The Morgan fingerprint density at radius 3 is 2.93 bits per heavy atom. The van der Waals surface area contributed by atoms with Crippen LogP contribution in [0.3, 0.4) is 0 Å². The maximum atomic E-state index is 11.5. The fourth-order valence-electron chi connectivity index (χ4n) is 1.09. The van der Waals surface area contributed by atoms with Crippen LogP contribution in [0.4, 0.5) is 5.69 Å². The van der Waals surface area contributed by atoms with E-state index < -0.39 is 5.97 Å². The van der Waals surface area contributed by atoms with Gasteiger partial charge in [-0.1, -0.05) is 24.9 Å². The van der Waals surface area contributed by atoms with Crippen molar-refractivity contribution >= 4 is 23.3 Å². The smallest absolute Gasteiger partial charge is 0.340 e. The summed E-state index contributed by atoms with van der Waals surface area (Å²) >= 11 is 5.76. The topological polar surface area (TPSA) is 52.3 Å². The van der Waals surface area contributed by atoms with Crippen LogP contribution in [0.2, 0.25) is 5.02 Å². The van der Waals surface area contributed by atoms with Gasteiger partial charge in [0.25, 0.3) is 0 Å². The zero-order valence-corrected chi connectivity index (χ0v) is 9.38. The number of carbonyl (C=O) groups is 1. The number of unbranched alkanes of at least 4 members (excludes halogenated alkanes) is 1. The molecule has 0 amide bonds. The second-order valence-corrected chi connectivity index (χ2v) is 3.66. The lowest BCUT2D eigenvalue weighted by molar-refractivity contribution is 0.0501. The number of carbonyl (C=O) groups excluding carboxylic acids is 1. The molecule has 1 rings (SSSR count). The molecular formula is C11H14ClNO2. The van der Waals surface area contributed by atoms with Crippen LogP contribution in [0.25, 0.3) is 0 Å². The van der Waals surface area contributed by atoms with Crippen LogP contribution >= 0.6 is 11.6 Å². The first-order valence-corrected chi connectivity index (χ1v) is 5.25. The minimum Gasteiger partial charge on any atom is -0.462 e. The van der Waals surface area contributed by atoms with Crippen LogP contribution in [0.5, 0.6) is 0 Å². The van der Waals surface area contributed by atoms with Crippen molar-refractivity contribution < 1.29 is 9.53 Å². The fraction of sp³-hybridized carbons (Fsp3) is 0.364. The van der Waals surface area contributed by atoms with Gasteiger partial charge in [-0.3, -0.25) is 0 Å². The van der Waals surface area contributed by atoms with E-state index in [1.165, 1.54) is 6.07 Å². The van der Waals surface area contributed by atoms with Crippen molar-refractivity contribution in [1.29, 1.82) is 0 Å². The van der Waals surface area contributed by atoms with Crippen molar-refractivity contribution in [1.82, 2.24) is 0 Å². The maximum Gasteiger partial charge on any atom is 0.340 e. The Labute approximate surface area is 94.2 Å². The molecule has 1 aromatic rings. The van der Waals surface area contributed by atoms with E-state index in [4.69, 9.17) is 22.1 Å². The van der Waals surface area contributed by atoms with Gasteiger partial charge in [-0.25, -0.2) is 4.79 Å². The predicted molar refractivity (Wildman–Crippen MR) is 61.1 cm³/mol. The van der Waals surface area contributed by atoms with Crippen LogP contribution in [0.15, 0.2) is 18.2 Å². The van der Waals surface area contributed by atoms with Gasteiger partial charge in [0.05, 0.1) is 12.2 Å². The Balaban J connectivity index is 2.68. The highest BCUT2D eigenvalue weighted by atomic mass is 35.5. The van der Waals surface area contributed by atoms with Gasteiger partial charge in [0.1, 0.15) is 0 Å². The number of halogens is 1. The van der Waals surface area contributed by atoms with E-state index in [0.717, 1.165) is 12.8 Å². The molecule has 4 heteroatoms. The van der Waals surface area contributed by atoms with Gasteiger partial charge >= 0.3 is 5.97 Å². The van der Waals surface area contributed by atoms with Gasteiger partial charge in [0, 0.05) is 10.7 Å². The third-order valence-corrected chi connectivity index (χ3v) is 2.20. The number of hydrogen-bond donors (Lipinski definition) is 1. The number of benzene rings is 1. The summed E-state index contributed by atoms with van der Waals surface area (Å²) in [7, 11) is 0. The fourth-order valence-corrected chi connectivity index (χ4v) is 1.26. The Bertz CT molecular complexity index is 352. The van der Waals surface area contributed by atoms with E-state index in [9.17, 15) is 4.79 Å². The van der Waals surface area contributed by atoms with Crippen LogP contribution in [-0.2, 0) is 4.74 Å². The molecule has 0 atom stereocenters. The maximum absolute atomic E-state index is 11.5. The zero-order valence-electron chi connectivity index (χ0n) is 8.63. The summed E-state index contributed by atoms with van der Waals surface area (Å²) in [6, 6.07) is 4.75. The van der Waals surface area contributed by atoms with Crippen molar-refractivity contribution in [2.75, 3.05) is 12.3 Å². The van der Waals surface area contributed by atoms with Crippen LogP contribution in [0, 0.1) is 0 Å². The van der Waals surface area contributed by atoms with E-state index in [0.29, 0.717) is 22.9 Å². The number of esters is 1. The molecule has 1 aromatic carbocycles. The minimum atomic E-state index is -0.413. The average Bonchev–Trinajstić information content (AvgIpc) is 2.22. The van der Waals surface area contributed by atoms with E-state index >= 15 is 0 Å². The first-order valence-electron chi connectivity index (χ1n) is 4.87. The summed E-state index contributed by atoms with van der Waals surface area (Å²) < 4.78 is 5.03. The first-order chi connectivity index (χ1) is 7.15. The molecule has 0 aliphatic rings. The number of nitrogens with two attached hydrogens (primary N) is 1. The van der Waals surface area contributed by atoms with E-state index in [-0.39, 0.29) is 0 Å². The minimum absolute atomic E-state index is 0.332. The van der Waals surface area contributed by atoms with Gasteiger partial charge in [-0.2, -0.15) is 0 Å². The zero-order chi connectivity index (χ0) is 11.3. The Morgan fingerprint density at radius 1 is 1.53 bits per heavy atom. The Kier molecular flexibility index (Phi) is 4.43. The summed E-state index contributed by atoms with van der Waals surface area (Å²) in [5.41, 5.74) is 6.36. The largest absolute Gasteiger partial charge is 0.462 e. The van der Waals surface area contributed by atoms with Crippen molar-refractivity contribution in [3.63, 3.8) is 0 Å². The van der Waals surface area contributed by atoms with Crippen molar-refractivity contribution in [2.24, 2.45) is 0 Å². The summed E-state index contributed by atoms with van der Waals surface area (Å²) in [6.07, 6.45) is 1.84. The highest BCUT2D eigenvalue weighted by Crippen LogP contribution is 2.18. The number of anilines is 1. The number of ether oxygens (including phenoxy) is 1. The lowest BCUT2D eigenvalue weighted by atomic mass is 10.2. The third kappa shape index (κ3) is 3.44. The Hall–Kier alpha value is -1.22. The van der Waals surface area contributed by atoms with Crippen LogP contribution < -0.4 is 5.73 Å². The van der Waals surface area contributed by atoms with Crippen molar-refractivity contribution in [3.8, 4) is 0 Å². The number of rotatable bonds is 4. The lowest BCUT2D eigenvalue weighted by Gasteiger charge is -2.06. The summed E-state index contributed by atoms with van der Waals surface area (Å²) in [5, 5.41) is 0.478. The molecule has 0 fully saturated rings. The molecular weight excluding hydrogens is 214 g/mol. The highest BCUT2D eigenvalue weighted by molar-refractivity contribution is 6.31. The molecule has 0 aliphatic carbocycles. The molecule has 0 saturated heterocycles. The summed E-state index contributed by atoms with van der Waals surface area (Å²) in [5.74, 6) is -0.413. The molecule has 0 aromatic heterocycles. The summed E-state index contributed by atoms with van der Waals surface area (Å²) in [6.45, 7) is 2.45. The lowest BCUT2D eigenvalue weighted by Crippen LogP contribution is -2.09. The molecule has 0 unspecified atom stereocenters. The molecule has 82 valence electrons. The Morgan fingerprint density at radius 2 is 2.27 bits per heavy atom. The van der Waals surface area contributed by atoms with Gasteiger partial charge in [0.2, 0.25) is 0 Å². The molecule has 0 bridgehead atoms. The van der Waals surface area contributed by atoms with Gasteiger partial charge < -0.3 is 10.5 Å². The predicted octanol–water partition coefficient (Wildman–Crippen LogP) is 2.88. The second kappa shape index (κ2) is 5.61. The second-order valence-electron chi connectivity index (χ2n) is 3.22. The molecule has 0 saturated carbocycles. The number of hydrogen-bond acceptors (Lipinski definition) is 3. The monoisotopic (exact) mass is 227 g/mol. The molecule has 0 radical (unpaired) electrons. The molecule has 2 N–H and O–H groups in total. The third-order valence-electron chi connectivity index (χ3n) is 1.97. The average molecular weight is 228 g/mol. The van der Waals surface area contributed by atoms with Gasteiger partial charge in [-0.05, 0) is 24.6 Å².